The summed E-state index contributed by atoms with van der Waals surface area (Å²) in [7, 11) is 1.36. The topological polar surface area (TPSA) is 116 Å². The van der Waals surface area contributed by atoms with E-state index in [1.807, 2.05) is 6.92 Å². The molecule has 1 aromatic heterocycles. The predicted molar refractivity (Wildman–Crippen MR) is 124 cm³/mol. The zero-order chi connectivity index (χ0) is 25.4. The van der Waals surface area contributed by atoms with Crippen molar-refractivity contribution in [2.45, 2.75) is 63.9 Å². The highest BCUT2D eigenvalue weighted by atomic mass is 19.1. The number of carbonyl (C=O) groups excluding carboxylic acids is 2. The van der Waals surface area contributed by atoms with E-state index in [9.17, 15) is 19.1 Å². The Labute approximate surface area is 203 Å². The second kappa shape index (κ2) is 12.3. The molecule has 1 aliphatic heterocycles. The number of hydrogen-bond donors (Lipinski definition) is 2. The lowest BCUT2D eigenvalue weighted by molar-refractivity contribution is -0.162. The maximum absolute atomic E-state index is 13.3. The third-order valence-electron chi connectivity index (χ3n) is 5.64. The highest BCUT2D eigenvalue weighted by Gasteiger charge is 2.36. The van der Waals surface area contributed by atoms with Crippen molar-refractivity contribution in [1.82, 2.24) is 10.3 Å². The van der Waals surface area contributed by atoms with Crippen molar-refractivity contribution in [2.75, 3.05) is 13.7 Å². The van der Waals surface area contributed by atoms with E-state index in [-0.39, 0.29) is 23.7 Å². The maximum Gasteiger partial charge on any atom is 0.329 e. The first-order valence-electron chi connectivity index (χ1n) is 11.6. The van der Waals surface area contributed by atoms with Crippen LogP contribution in [0, 0.1) is 5.82 Å². The molecule has 2 aromatic rings. The number of aromatic nitrogens is 1. The van der Waals surface area contributed by atoms with Gasteiger partial charge >= 0.3 is 5.97 Å². The molecule has 2 heterocycles. The van der Waals surface area contributed by atoms with Crippen LogP contribution in [-0.4, -0.2) is 60.0 Å². The van der Waals surface area contributed by atoms with Crippen LogP contribution < -0.4 is 14.8 Å². The van der Waals surface area contributed by atoms with Crippen LogP contribution in [0.4, 0.5) is 4.39 Å². The van der Waals surface area contributed by atoms with Crippen molar-refractivity contribution in [3.05, 3.63) is 48.0 Å². The van der Waals surface area contributed by atoms with Crippen molar-refractivity contribution in [3.8, 4) is 17.2 Å². The molecule has 10 heteroatoms. The molecule has 9 nitrogen and oxygen atoms in total. The van der Waals surface area contributed by atoms with Crippen LogP contribution >= 0.6 is 0 Å². The number of methoxy groups -OCH3 is 1. The summed E-state index contributed by atoms with van der Waals surface area (Å²) in [6.45, 7) is 4.12. The molecule has 0 spiro atoms. The Balaban J connectivity index is 1.77. The normalized spacial score (nSPS) is 22.8. The minimum atomic E-state index is -0.964. The molecule has 0 radical (unpaired) electrons. The van der Waals surface area contributed by atoms with Gasteiger partial charge in [-0.1, -0.05) is 6.92 Å². The van der Waals surface area contributed by atoms with Crippen LogP contribution in [0.2, 0.25) is 0 Å². The van der Waals surface area contributed by atoms with Gasteiger partial charge in [-0.05, 0) is 56.9 Å². The molecule has 1 aliphatic rings. The number of halogens is 1. The zero-order valence-electron chi connectivity index (χ0n) is 20.0. The molecule has 3 rings (SSSR count). The molecule has 35 heavy (non-hydrogen) atoms. The first kappa shape index (κ1) is 26.2. The van der Waals surface area contributed by atoms with Gasteiger partial charge < -0.3 is 29.4 Å². The van der Waals surface area contributed by atoms with Crippen molar-refractivity contribution in [2.24, 2.45) is 0 Å². The van der Waals surface area contributed by atoms with Crippen molar-refractivity contribution >= 4 is 11.9 Å². The summed E-state index contributed by atoms with van der Waals surface area (Å²) in [5.41, 5.74) is -0.258. The fourth-order valence-electron chi connectivity index (χ4n) is 3.88. The number of aromatic hydroxyl groups is 1. The molecule has 4 atom stereocenters. The number of ether oxygens (including phenoxy) is 4. The fourth-order valence-corrected chi connectivity index (χ4v) is 3.88. The number of esters is 1. The molecule has 0 saturated carbocycles. The lowest BCUT2D eigenvalue weighted by atomic mass is 10.0. The van der Waals surface area contributed by atoms with Gasteiger partial charge in [0, 0.05) is 18.9 Å². The number of pyridine rings is 1. The Morgan fingerprint density at radius 2 is 2.00 bits per heavy atom. The highest BCUT2D eigenvalue weighted by Crippen LogP contribution is 2.28. The van der Waals surface area contributed by atoms with Crippen LogP contribution in [0.3, 0.4) is 0 Å². The first-order valence-corrected chi connectivity index (χ1v) is 11.6. The van der Waals surface area contributed by atoms with Gasteiger partial charge in [-0.15, -0.1) is 0 Å². The monoisotopic (exact) mass is 490 g/mol. The van der Waals surface area contributed by atoms with Gasteiger partial charge in [0.2, 0.25) is 0 Å². The number of benzene rings is 1. The molecule has 2 N–H and O–H groups in total. The Morgan fingerprint density at radius 3 is 2.69 bits per heavy atom. The van der Waals surface area contributed by atoms with Crippen LogP contribution in [0.5, 0.6) is 17.2 Å². The van der Waals surface area contributed by atoms with Crippen molar-refractivity contribution in [1.29, 1.82) is 0 Å². The molecule has 190 valence electrons. The molecular weight excluding hydrogens is 459 g/mol. The van der Waals surface area contributed by atoms with Gasteiger partial charge in [0.15, 0.2) is 17.2 Å². The lowest BCUT2D eigenvalue weighted by Gasteiger charge is -2.31. The van der Waals surface area contributed by atoms with E-state index in [0.29, 0.717) is 25.2 Å². The lowest BCUT2D eigenvalue weighted by Crippen LogP contribution is -2.46. The highest BCUT2D eigenvalue weighted by molar-refractivity contribution is 5.97. The molecule has 0 bridgehead atoms. The van der Waals surface area contributed by atoms with Crippen LogP contribution in [0.15, 0.2) is 36.5 Å². The Hall–Kier alpha value is -3.40. The Kier molecular flexibility index (Phi) is 9.25. The van der Waals surface area contributed by atoms with E-state index in [1.165, 1.54) is 43.6 Å². The smallest absolute Gasteiger partial charge is 0.329 e. The number of nitrogens with one attached hydrogen (secondary N) is 1. The summed E-state index contributed by atoms with van der Waals surface area (Å²) in [5.74, 6) is -1.58. The summed E-state index contributed by atoms with van der Waals surface area (Å²) in [6, 6.07) is 6.14. The summed E-state index contributed by atoms with van der Waals surface area (Å²) in [5, 5.41) is 12.8. The molecule has 0 aliphatic carbocycles. The van der Waals surface area contributed by atoms with E-state index in [2.05, 4.69) is 10.3 Å². The molecule has 1 aromatic carbocycles. The van der Waals surface area contributed by atoms with Gasteiger partial charge in [-0.2, -0.15) is 0 Å². The first-order chi connectivity index (χ1) is 16.8. The summed E-state index contributed by atoms with van der Waals surface area (Å²) in [6.07, 6.45) is 1.65. The van der Waals surface area contributed by atoms with Gasteiger partial charge in [0.05, 0.1) is 7.11 Å². The third-order valence-corrected chi connectivity index (χ3v) is 5.64. The minimum absolute atomic E-state index is 0.0903. The van der Waals surface area contributed by atoms with E-state index in [0.717, 1.165) is 6.42 Å². The van der Waals surface area contributed by atoms with Gasteiger partial charge in [0.1, 0.15) is 35.9 Å². The van der Waals surface area contributed by atoms with Crippen LogP contribution in [0.25, 0.3) is 0 Å². The molecule has 1 saturated heterocycles. The van der Waals surface area contributed by atoms with E-state index in [1.54, 1.807) is 6.92 Å². The van der Waals surface area contributed by atoms with Crippen LogP contribution in [-0.2, 0) is 14.3 Å². The predicted octanol–water partition coefficient (Wildman–Crippen LogP) is 3.39. The maximum atomic E-state index is 13.3. The average molecular weight is 491 g/mol. The van der Waals surface area contributed by atoms with Gasteiger partial charge in [-0.25, -0.2) is 14.2 Å². The zero-order valence-corrected chi connectivity index (χ0v) is 20.0. The average Bonchev–Trinajstić information content (AvgIpc) is 2.88. The summed E-state index contributed by atoms with van der Waals surface area (Å²) in [4.78, 5) is 29.6. The molecule has 0 unspecified atom stereocenters. The number of rotatable bonds is 8. The fraction of sp³-hybridized carbons (Fsp3) is 0.480. The van der Waals surface area contributed by atoms with Gasteiger partial charge in [-0.3, -0.25) is 4.79 Å². The van der Waals surface area contributed by atoms with Crippen LogP contribution in [0.1, 0.15) is 50.0 Å². The summed E-state index contributed by atoms with van der Waals surface area (Å²) >= 11 is 0. The minimum Gasteiger partial charge on any atom is -0.503 e. The second-order valence-corrected chi connectivity index (χ2v) is 8.26. The standard InChI is InChI=1S/C25H31FN2O7/c1-4-14-33-23-15(2)34-25(31)18(28-24(30)21-22(29)19(32-3)12-13-27-21)6-5-7-20(23)35-17-10-8-16(26)9-11-17/h8-13,15,18,20,23,29H,4-7,14H2,1-3H3,(H,28,30)/t15-,18-,20-,23-/m0/s1. The van der Waals surface area contributed by atoms with E-state index >= 15 is 0 Å². The quantitative estimate of drug-likeness (QED) is 0.541. The molecule has 1 fully saturated rings. The molecular formula is C25H31FN2O7. The number of nitrogens with zero attached hydrogens (tertiary/aromatic N) is 1. The summed E-state index contributed by atoms with van der Waals surface area (Å²) < 4.78 is 36.1. The van der Waals surface area contributed by atoms with Crippen molar-refractivity contribution in [3.63, 3.8) is 0 Å². The number of amides is 1. The SMILES string of the molecule is CCCO[C@H]1[C@H](C)OC(=O)[C@@H](NC(=O)c2nccc(OC)c2O)CCC[C@@H]1Oc1ccc(F)cc1. The third kappa shape index (κ3) is 6.82. The van der Waals surface area contributed by atoms with E-state index in [4.69, 9.17) is 18.9 Å². The van der Waals surface area contributed by atoms with Gasteiger partial charge in [0.25, 0.3) is 5.91 Å². The Morgan fingerprint density at radius 1 is 1.26 bits per heavy atom. The second-order valence-electron chi connectivity index (χ2n) is 8.26. The largest absolute Gasteiger partial charge is 0.503 e. The molecule has 1 amide bonds. The Bertz CT molecular complexity index is 1000. The number of hydrogen-bond acceptors (Lipinski definition) is 8. The van der Waals surface area contributed by atoms with E-state index < -0.39 is 42.0 Å². The van der Waals surface area contributed by atoms with Crippen molar-refractivity contribution < 1.29 is 38.0 Å². The number of carbonyl (C=O) groups is 2. The number of cyclic esters (lactones) is 1.